The summed E-state index contributed by atoms with van der Waals surface area (Å²) in [4.78, 5) is 19.7. The maximum atomic E-state index is 12.1. The van der Waals surface area contributed by atoms with Crippen LogP contribution in [0.25, 0.3) is 0 Å². The standard InChI is InChI=1S/C11H13Cl2N3O2/c1-6-4-18-3-2-7(6)11(17)16-8-9(12)14-5-15-10(8)13/h5-7H,2-4H2,1H3,(H,16,17). The van der Waals surface area contributed by atoms with Crippen molar-refractivity contribution in [1.82, 2.24) is 9.97 Å². The summed E-state index contributed by atoms with van der Waals surface area (Å²) in [5, 5.41) is 2.98. The summed E-state index contributed by atoms with van der Waals surface area (Å²) in [6, 6.07) is 0. The van der Waals surface area contributed by atoms with Gasteiger partial charge in [0.2, 0.25) is 5.91 Å². The van der Waals surface area contributed by atoms with Crippen molar-refractivity contribution in [2.24, 2.45) is 11.8 Å². The number of ether oxygens (including phenoxy) is 1. The lowest BCUT2D eigenvalue weighted by atomic mass is 9.89. The Balaban J connectivity index is 2.11. The summed E-state index contributed by atoms with van der Waals surface area (Å²) in [5.74, 6) is -0.0589. The van der Waals surface area contributed by atoms with Crippen LogP contribution in [-0.4, -0.2) is 29.1 Å². The Kier molecular flexibility index (Phi) is 4.37. The number of halogens is 2. The van der Waals surface area contributed by atoms with Crippen molar-refractivity contribution in [3.8, 4) is 0 Å². The summed E-state index contributed by atoms with van der Waals surface area (Å²) in [7, 11) is 0. The molecule has 0 aliphatic carbocycles. The zero-order valence-corrected chi connectivity index (χ0v) is 11.3. The number of anilines is 1. The van der Waals surface area contributed by atoms with Gasteiger partial charge in [-0.3, -0.25) is 4.79 Å². The molecule has 1 N–H and O–H groups in total. The number of carbonyl (C=O) groups is 1. The number of hydrogen-bond acceptors (Lipinski definition) is 4. The molecule has 1 saturated heterocycles. The summed E-state index contributed by atoms with van der Waals surface area (Å²) in [5.41, 5.74) is 0.268. The summed E-state index contributed by atoms with van der Waals surface area (Å²) < 4.78 is 5.30. The van der Waals surface area contributed by atoms with Crippen LogP contribution in [0.4, 0.5) is 5.69 Å². The van der Waals surface area contributed by atoms with Crippen molar-refractivity contribution in [2.75, 3.05) is 18.5 Å². The van der Waals surface area contributed by atoms with Gasteiger partial charge in [-0.2, -0.15) is 0 Å². The van der Waals surface area contributed by atoms with Gasteiger partial charge in [-0.05, 0) is 12.3 Å². The van der Waals surface area contributed by atoms with Crippen LogP contribution < -0.4 is 5.32 Å². The highest BCUT2D eigenvalue weighted by Gasteiger charge is 2.29. The Hall–Kier alpha value is -0.910. The summed E-state index contributed by atoms with van der Waals surface area (Å²) in [6.45, 7) is 3.16. The largest absolute Gasteiger partial charge is 0.381 e. The van der Waals surface area contributed by atoms with Crippen LogP contribution >= 0.6 is 23.2 Å². The molecule has 5 nitrogen and oxygen atoms in total. The molecule has 2 rings (SSSR count). The minimum absolute atomic E-state index is 0.105. The van der Waals surface area contributed by atoms with Gasteiger partial charge >= 0.3 is 0 Å². The van der Waals surface area contributed by atoms with Gasteiger partial charge in [-0.15, -0.1) is 0 Å². The third kappa shape index (κ3) is 2.91. The van der Waals surface area contributed by atoms with Crippen LogP contribution in [0.3, 0.4) is 0 Å². The average molecular weight is 290 g/mol. The molecule has 2 atom stereocenters. The Morgan fingerprint density at radius 2 is 2.11 bits per heavy atom. The quantitative estimate of drug-likeness (QED) is 0.849. The van der Waals surface area contributed by atoms with Gasteiger partial charge < -0.3 is 10.1 Å². The van der Waals surface area contributed by atoms with E-state index in [1.807, 2.05) is 6.92 Å². The van der Waals surface area contributed by atoms with Crippen LogP contribution in [0.5, 0.6) is 0 Å². The van der Waals surface area contributed by atoms with Crippen molar-refractivity contribution >= 4 is 34.8 Å². The zero-order chi connectivity index (χ0) is 13.1. The van der Waals surface area contributed by atoms with Gasteiger partial charge in [0.25, 0.3) is 0 Å². The average Bonchev–Trinajstić information content (AvgIpc) is 2.34. The zero-order valence-electron chi connectivity index (χ0n) is 9.82. The van der Waals surface area contributed by atoms with E-state index in [2.05, 4.69) is 15.3 Å². The molecule has 98 valence electrons. The molecule has 0 aromatic carbocycles. The molecule has 1 aliphatic heterocycles. The van der Waals surface area contributed by atoms with Crippen molar-refractivity contribution in [3.05, 3.63) is 16.6 Å². The Morgan fingerprint density at radius 3 is 2.72 bits per heavy atom. The van der Waals surface area contributed by atoms with Crippen LogP contribution in [0.2, 0.25) is 10.3 Å². The van der Waals surface area contributed by atoms with Crippen molar-refractivity contribution < 1.29 is 9.53 Å². The molecule has 7 heteroatoms. The van der Waals surface area contributed by atoms with E-state index in [0.29, 0.717) is 19.6 Å². The van der Waals surface area contributed by atoms with E-state index >= 15 is 0 Å². The molecule has 1 amide bonds. The Labute approximate surface area is 115 Å². The lowest BCUT2D eigenvalue weighted by molar-refractivity contribution is -0.125. The molecule has 1 aliphatic rings. The number of nitrogens with one attached hydrogen (secondary N) is 1. The smallest absolute Gasteiger partial charge is 0.228 e. The van der Waals surface area contributed by atoms with E-state index in [4.69, 9.17) is 27.9 Å². The fraction of sp³-hybridized carbons (Fsp3) is 0.545. The molecule has 0 spiro atoms. The van der Waals surface area contributed by atoms with E-state index in [9.17, 15) is 4.79 Å². The lowest BCUT2D eigenvalue weighted by Crippen LogP contribution is -2.35. The maximum Gasteiger partial charge on any atom is 0.228 e. The summed E-state index contributed by atoms with van der Waals surface area (Å²) >= 11 is 11.7. The molecule has 0 bridgehead atoms. The number of rotatable bonds is 2. The maximum absolute atomic E-state index is 12.1. The monoisotopic (exact) mass is 289 g/mol. The number of hydrogen-bond donors (Lipinski definition) is 1. The number of amides is 1. The highest BCUT2D eigenvalue weighted by Crippen LogP contribution is 2.28. The fourth-order valence-corrected chi connectivity index (χ4v) is 2.34. The highest BCUT2D eigenvalue weighted by atomic mass is 35.5. The molecule has 1 fully saturated rings. The topological polar surface area (TPSA) is 64.1 Å². The van der Waals surface area contributed by atoms with Crippen molar-refractivity contribution in [2.45, 2.75) is 13.3 Å². The lowest BCUT2D eigenvalue weighted by Gasteiger charge is -2.27. The molecule has 0 saturated carbocycles. The normalized spacial score (nSPS) is 23.7. The highest BCUT2D eigenvalue weighted by molar-refractivity contribution is 6.38. The SMILES string of the molecule is CC1COCCC1C(=O)Nc1c(Cl)ncnc1Cl. The molecule has 1 aromatic heterocycles. The molecule has 2 unspecified atom stereocenters. The van der Waals surface area contributed by atoms with E-state index in [1.54, 1.807) is 0 Å². The van der Waals surface area contributed by atoms with Gasteiger partial charge in [-0.1, -0.05) is 30.1 Å². The number of nitrogens with zero attached hydrogens (tertiary/aromatic N) is 2. The minimum Gasteiger partial charge on any atom is -0.381 e. The van der Waals surface area contributed by atoms with Crippen LogP contribution in [-0.2, 0) is 9.53 Å². The van der Waals surface area contributed by atoms with Crippen molar-refractivity contribution in [3.63, 3.8) is 0 Å². The van der Waals surface area contributed by atoms with Gasteiger partial charge in [0, 0.05) is 19.1 Å². The van der Waals surface area contributed by atoms with Gasteiger partial charge in [0.1, 0.15) is 12.0 Å². The molecule has 18 heavy (non-hydrogen) atoms. The number of carbonyl (C=O) groups excluding carboxylic acids is 1. The van der Waals surface area contributed by atoms with E-state index in [-0.39, 0.29) is 33.7 Å². The Bertz CT molecular complexity index is 436. The molecule has 0 radical (unpaired) electrons. The second-order valence-corrected chi connectivity index (χ2v) is 4.98. The van der Waals surface area contributed by atoms with E-state index in [0.717, 1.165) is 0 Å². The van der Waals surface area contributed by atoms with E-state index in [1.165, 1.54) is 6.33 Å². The molecular formula is C11H13Cl2N3O2. The Morgan fingerprint density at radius 1 is 1.44 bits per heavy atom. The predicted molar refractivity (Wildman–Crippen MR) is 68.8 cm³/mol. The predicted octanol–water partition coefficient (Wildman–Crippen LogP) is 2.39. The van der Waals surface area contributed by atoms with Gasteiger partial charge in [0.05, 0.1) is 0 Å². The third-order valence-corrected chi connectivity index (χ3v) is 3.55. The van der Waals surface area contributed by atoms with Gasteiger partial charge in [0.15, 0.2) is 10.3 Å². The molecule has 2 heterocycles. The van der Waals surface area contributed by atoms with Gasteiger partial charge in [-0.25, -0.2) is 9.97 Å². The second-order valence-electron chi connectivity index (χ2n) is 4.27. The summed E-state index contributed by atoms with van der Waals surface area (Å²) in [6.07, 6.45) is 1.94. The van der Waals surface area contributed by atoms with Crippen molar-refractivity contribution in [1.29, 1.82) is 0 Å². The minimum atomic E-state index is -0.121. The van der Waals surface area contributed by atoms with Crippen LogP contribution in [0.1, 0.15) is 13.3 Å². The number of aromatic nitrogens is 2. The first-order valence-electron chi connectivity index (χ1n) is 5.64. The first-order valence-corrected chi connectivity index (χ1v) is 6.39. The third-order valence-electron chi connectivity index (χ3n) is 2.98. The van der Waals surface area contributed by atoms with Crippen LogP contribution in [0, 0.1) is 11.8 Å². The second kappa shape index (κ2) is 5.82. The van der Waals surface area contributed by atoms with Crippen LogP contribution in [0.15, 0.2) is 6.33 Å². The first kappa shape index (κ1) is 13.5. The molecular weight excluding hydrogens is 277 g/mol. The fourth-order valence-electron chi connectivity index (χ4n) is 1.93. The first-order chi connectivity index (χ1) is 8.59. The molecule has 1 aromatic rings. The van der Waals surface area contributed by atoms with E-state index < -0.39 is 0 Å².